The third-order valence-corrected chi connectivity index (χ3v) is 4.21. The minimum absolute atomic E-state index is 0.0225. The van der Waals surface area contributed by atoms with E-state index in [0.717, 1.165) is 25.8 Å². The van der Waals surface area contributed by atoms with Crippen molar-refractivity contribution in [2.75, 3.05) is 6.54 Å². The number of nitrogens with one attached hydrogen (secondary N) is 1. The summed E-state index contributed by atoms with van der Waals surface area (Å²) in [4.78, 5) is 11.8. The molecule has 0 bridgehead atoms. The maximum Gasteiger partial charge on any atom is 0.306 e. The van der Waals surface area contributed by atoms with Gasteiger partial charge in [0.1, 0.15) is 6.10 Å². The molecule has 3 nitrogen and oxygen atoms in total. The summed E-state index contributed by atoms with van der Waals surface area (Å²) in [6.45, 7) is 1.11. The number of piperidine rings is 1. The Kier molecular flexibility index (Phi) is 5.98. The molecule has 1 aliphatic heterocycles. The molecule has 2 rings (SSSR count). The van der Waals surface area contributed by atoms with Gasteiger partial charge in [-0.05, 0) is 51.5 Å². The summed E-state index contributed by atoms with van der Waals surface area (Å²) in [5.41, 5.74) is 0. The van der Waals surface area contributed by atoms with Crippen molar-refractivity contribution in [3.8, 4) is 0 Å². The highest BCUT2D eigenvalue weighted by atomic mass is 16.5. The van der Waals surface area contributed by atoms with Gasteiger partial charge in [-0.2, -0.15) is 0 Å². The number of esters is 1. The maximum atomic E-state index is 11.8. The van der Waals surface area contributed by atoms with Crippen LogP contribution >= 0.6 is 0 Å². The maximum absolute atomic E-state index is 11.8. The molecule has 0 radical (unpaired) electrons. The Labute approximate surface area is 111 Å². The van der Waals surface area contributed by atoms with Crippen LogP contribution in [-0.4, -0.2) is 24.7 Å². The van der Waals surface area contributed by atoms with E-state index in [2.05, 4.69) is 5.32 Å². The Balaban J connectivity index is 1.61. The lowest BCUT2D eigenvalue weighted by atomic mass is 10.0. The number of hydrogen-bond acceptors (Lipinski definition) is 3. The number of ether oxygens (including phenoxy) is 1. The largest absolute Gasteiger partial charge is 0.462 e. The van der Waals surface area contributed by atoms with Crippen LogP contribution in [0.4, 0.5) is 0 Å². The second kappa shape index (κ2) is 7.78. The van der Waals surface area contributed by atoms with Crippen LogP contribution < -0.4 is 5.32 Å². The molecule has 2 fully saturated rings. The number of hydrogen-bond donors (Lipinski definition) is 1. The molecule has 0 aromatic rings. The van der Waals surface area contributed by atoms with Gasteiger partial charge in [0, 0.05) is 12.5 Å². The topological polar surface area (TPSA) is 38.3 Å². The van der Waals surface area contributed by atoms with Gasteiger partial charge in [0.05, 0.1) is 0 Å². The molecule has 0 amide bonds. The summed E-state index contributed by atoms with van der Waals surface area (Å²) in [6.07, 6.45) is 12.8. The molecule has 18 heavy (non-hydrogen) atoms. The van der Waals surface area contributed by atoms with Crippen molar-refractivity contribution in [2.45, 2.75) is 82.8 Å². The first-order valence-electron chi connectivity index (χ1n) is 7.77. The van der Waals surface area contributed by atoms with Crippen LogP contribution in [0.1, 0.15) is 70.6 Å². The van der Waals surface area contributed by atoms with E-state index in [1.54, 1.807) is 0 Å². The second-order valence-corrected chi connectivity index (χ2v) is 5.79. The average molecular weight is 253 g/mol. The van der Waals surface area contributed by atoms with Crippen LogP contribution in [0.25, 0.3) is 0 Å². The Morgan fingerprint density at radius 2 is 1.72 bits per heavy atom. The van der Waals surface area contributed by atoms with Crippen LogP contribution in [0.5, 0.6) is 0 Å². The normalized spacial score (nSPS) is 26.6. The Hall–Kier alpha value is -0.570. The van der Waals surface area contributed by atoms with Crippen LogP contribution in [0.15, 0.2) is 0 Å². The van der Waals surface area contributed by atoms with Gasteiger partial charge < -0.3 is 10.1 Å². The highest BCUT2D eigenvalue weighted by Gasteiger charge is 2.18. The van der Waals surface area contributed by atoms with Crippen molar-refractivity contribution in [3.63, 3.8) is 0 Å². The smallest absolute Gasteiger partial charge is 0.306 e. The predicted molar refractivity (Wildman–Crippen MR) is 72.5 cm³/mol. The molecule has 0 spiro atoms. The van der Waals surface area contributed by atoms with Crippen LogP contribution in [0.3, 0.4) is 0 Å². The Morgan fingerprint density at radius 1 is 1.00 bits per heavy atom. The molecule has 1 N–H and O–H groups in total. The average Bonchev–Trinajstić information content (AvgIpc) is 2.66. The van der Waals surface area contributed by atoms with E-state index in [4.69, 9.17) is 4.74 Å². The van der Waals surface area contributed by atoms with Crippen molar-refractivity contribution in [3.05, 3.63) is 0 Å². The van der Waals surface area contributed by atoms with E-state index >= 15 is 0 Å². The van der Waals surface area contributed by atoms with E-state index in [1.165, 1.54) is 44.9 Å². The van der Waals surface area contributed by atoms with Crippen LogP contribution in [-0.2, 0) is 9.53 Å². The highest BCUT2D eigenvalue weighted by molar-refractivity contribution is 5.69. The number of carbonyl (C=O) groups is 1. The third kappa shape index (κ3) is 4.97. The van der Waals surface area contributed by atoms with Gasteiger partial charge in [0.2, 0.25) is 0 Å². The Morgan fingerprint density at radius 3 is 2.39 bits per heavy atom. The molecule has 1 unspecified atom stereocenters. The molecule has 1 saturated carbocycles. The van der Waals surface area contributed by atoms with Gasteiger partial charge in [-0.1, -0.05) is 19.3 Å². The molecular formula is C15H27NO2. The molecule has 0 aromatic heterocycles. The lowest BCUT2D eigenvalue weighted by Gasteiger charge is -2.23. The van der Waals surface area contributed by atoms with E-state index in [-0.39, 0.29) is 12.1 Å². The second-order valence-electron chi connectivity index (χ2n) is 5.79. The van der Waals surface area contributed by atoms with E-state index in [9.17, 15) is 4.79 Å². The van der Waals surface area contributed by atoms with E-state index < -0.39 is 0 Å². The minimum Gasteiger partial charge on any atom is -0.462 e. The first-order valence-corrected chi connectivity index (χ1v) is 7.77. The molecule has 2 aliphatic rings. The Bertz CT molecular complexity index is 241. The monoisotopic (exact) mass is 253 g/mol. The van der Waals surface area contributed by atoms with Crippen molar-refractivity contribution < 1.29 is 9.53 Å². The van der Waals surface area contributed by atoms with E-state index in [1.807, 2.05) is 0 Å². The van der Waals surface area contributed by atoms with Crippen molar-refractivity contribution in [1.82, 2.24) is 5.32 Å². The summed E-state index contributed by atoms with van der Waals surface area (Å²) in [5, 5.41) is 3.48. The number of carbonyl (C=O) groups excluding carboxylic acids is 1. The van der Waals surface area contributed by atoms with Gasteiger partial charge >= 0.3 is 5.97 Å². The highest BCUT2D eigenvalue weighted by Crippen LogP contribution is 2.20. The first kappa shape index (κ1) is 13.9. The summed E-state index contributed by atoms with van der Waals surface area (Å²) >= 11 is 0. The molecule has 3 heteroatoms. The molecular weight excluding hydrogens is 226 g/mol. The van der Waals surface area contributed by atoms with Crippen molar-refractivity contribution >= 4 is 5.97 Å². The molecule has 0 aromatic carbocycles. The SMILES string of the molecule is O=C(CCC1CCCCN1)OC1CCCCCC1. The lowest BCUT2D eigenvalue weighted by molar-refractivity contribution is -0.149. The molecule has 104 valence electrons. The first-order chi connectivity index (χ1) is 8.84. The van der Waals surface area contributed by atoms with Gasteiger partial charge in [-0.3, -0.25) is 4.79 Å². The quantitative estimate of drug-likeness (QED) is 0.618. The van der Waals surface area contributed by atoms with Crippen molar-refractivity contribution in [2.24, 2.45) is 0 Å². The van der Waals surface area contributed by atoms with Gasteiger partial charge in [0.25, 0.3) is 0 Å². The summed E-state index contributed by atoms with van der Waals surface area (Å²) in [6, 6.07) is 0.542. The lowest BCUT2D eigenvalue weighted by Crippen LogP contribution is -2.34. The predicted octanol–water partition coefficient (Wildman–Crippen LogP) is 3.17. The molecule has 1 heterocycles. The third-order valence-electron chi connectivity index (χ3n) is 4.21. The number of rotatable bonds is 4. The summed E-state index contributed by atoms with van der Waals surface area (Å²) < 4.78 is 5.60. The molecule has 1 saturated heterocycles. The van der Waals surface area contributed by atoms with Crippen LogP contribution in [0, 0.1) is 0 Å². The van der Waals surface area contributed by atoms with Crippen molar-refractivity contribution in [1.29, 1.82) is 0 Å². The van der Waals surface area contributed by atoms with Gasteiger partial charge in [-0.25, -0.2) is 0 Å². The fourth-order valence-corrected chi connectivity index (χ4v) is 3.07. The summed E-state index contributed by atoms with van der Waals surface area (Å²) in [7, 11) is 0. The molecule has 1 atom stereocenters. The molecule has 1 aliphatic carbocycles. The zero-order chi connectivity index (χ0) is 12.6. The zero-order valence-corrected chi connectivity index (χ0v) is 11.5. The van der Waals surface area contributed by atoms with Gasteiger partial charge in [-0.15, -0.1) is 0 Å². The fraction of sp³-hybridized carbons (Fsp3) is 0.933. The van der Waals surface area contributed by atoms with Gasteiger partial charge in [0.15, 0.2) is 0 Å². The minimum atomic E-state index is 0.0225. The standard InChI is InChI=1S/C15H27NO2/c17-15(11-10-13-7-5-6-12-16-13)18-14-8-3-1-2-4-9-14/h13-14,16H,1-12H2. The van der Waals surface area contributed by atoms with E-state index in [0.29, 0.717) is 12.5 Å². The zero-order valence-electron chi connectivity index (χ0n) is 11.5. The summed E-state index contributed by atoms with van der Waals surface area (Å²) in [5.74, 6) is 0.0225. The fourth-order valence-electron chi connectivity index (χ4n) is 3.07. The van der Waals surface area contributed by atoms with Crippen LogP contribution in [0.2, 0.25) is 0 Å².